The van der Waals surface area contributed by atoms with Crippen molar-refractivity contribution in [3.05, 3.63) is 89.7 Å². The highest BCUT2D eigenvalue weighted by atomic mass is 19.1. The summed E-state index contributed by atoms with van der Waals surface area (Å²) in [6.07, 6.45) is -0.325. The smallest absolute Gasteiger partial charge is 0.306 e. The van der Waals surface area contributed by atoms with E-state index in [0.717, 1.165) is 12.1 Å². The van der Waals surface area contributed by atoms with Gasteiger partial charge in [-0.15, -0.1) is 0 Å². The van der Waals surface area contributed by atoms with Crippen LogP contribution in [0.4, 0.5) is 15.8 Å². The van der Waals surface area contributed by atoms with Crippen molar-refractivity contribution in [1.29, 1.82) is 0 Å². The van der Waals surface area contributed by atoms with Gasteiger partial charge in [-0.1, -0.05) is 0 Å². The van der Waals surface area contributed by atoms with E-state index in [4.69, 9.17) is 9.47 Å². The fourth-order valence-electron chi connectivity index (χ4n) is 3.12. The molecule has 3 aromatic carbocycles. The molecule has 3 rings (SSSR count). The van der Waals surface area contributed by atoms with Crippen molar-refractivity contribution < 1.29 is 33.0 Å². The molecule has 186 valence electrons. The molecule has 0 aliphatic carbocycles. The van der Waals surface area contributed by atoms with Crippen LogP contribution in [0, 0.1) is 5.82 Å². The Bertz CT molecular complexity index is 1210. The molecule has 2 amide bonds. The number of amides is 2. The Balaban J connectivity index is 1.40. The van der Waals surface area contributed by atoms with Gasteiger partial charge in [-0.05, 0) is 79.7 Å². The molecule has 2 N–H and O–H groups in total. The summed E-state index contributed by atoms with van der Waals surface area (Å²) in [5.41, 5.74) is 1.71. The van der Waals surface area contributed by atoms with E-state index >= 15 is 0 Å². The first-order chi connectivity index (χ1) is 17.3. The van der Waals surface area contributed by atoms with Crippen LogP contribution in [-0.4, -0.2) is 36.8 Å². The second kappa shape index (κ2) is 12.8. The number of anilines is 2. The standard InChI is InChI=1S/C27H25FN2O6/c1-2-35-23-13-11-22(12-14-23)30-27(34)19-5-9-21(10-6-19)29-25(32)17-36-26(33)16-15-24(31)18-3-7-20(28)8-4-18/h3-14H,2,15-17H2,1H3,(H,29,32)(H,30,34). The van der Waals surface area contributed by atoms with Crippen molar-refractivity contribution in [3.63, 3.8) is 0 Å². The van der Waals surface area contributed by atoms with Gasteiger partial charge in [0.2, 0.25) is 0 Å². The first kappa shape index (κ1) is 26.1. The van der Waals surface area contributed by atoms with Gasteiger partial charge in [-0.2, -0.15) is 0 Å². The van der Waals surface area contributed by atoms with Crippen LogP contribution in [0.5, 0.6) is 5.75 Å². The lowest BCUT2D eigenvalue weighted by Gasteiger charge is -2.09. The molecule has 8 nitrogen and oxygen atoms in total. The lowest BCUT2D eigenvalue weighted by atomic mass is 10.1. The Morgan fingerprint density at radius 2 is 1.33 bits per heavy atom. The van der Waals surface area contributed by atoms with Crippen molar-refractivity contribution in [3.8, 4) is 5.75 Å². The average molecular weight is 493 g/mol. The van der Waals surface area contributed by atoms with Gasteiger partial charge in [0.1, 0.15) is 11.6 Å². The van der Waals surface area contributed by atoms with Crippen LogP contribution in [0.3, 0.4) is 0 Å². The van der Waals surface area contributed by atoms with E-state index in [9.17, 15) is 23.6 Å². The Morgan fingerprint density at radius 3 is 1.97 bits per heavy atom. The monoisotopic (exact) mass is 492 g/mol. The highest BCUT2D eigenvalue weighted by molar-refractivity contribution is 6.04. The zero-order valence-corrected chi connectivity index (χ0v) is 19.6. The van der Waals surface area contributed by atoms with Gasteiger partial charge in [0.05, 0.1) is 13.0 Å². The molecule has 9 heteroatoms. The van der Waals surface area contributed by atoms with Crippen LogP contribution < -0.4 is 15.4 Å². The van der Waals surface area contributed by atoms with Gasteiger partial charge in [0.15, 0.2) is 12.4 Å². The molecule has 0 saturated carbocycles. The SMILES string of the molecule is CCOc1ccc(NC(=O)c2ccc(NC(=O)COC(=O)CCC(=O)c3ccc(F)cc3)cc2)cc1. The van der Waals surface area contributed by atoms with Crippen LogP contribution >= 0.6 is 0 Å². The van der Waals surface area contributed by atoms with E-state index in [-0.39, 0.29) is 24.5 Å². The number of nitrogens with one attached hydrogen (secondary N) is 2. The number of rotatable bonds is 11. The third-order valence-electron chi connectivity index (χ3n) is 4.94. The molecule has 0 aliphatic heterocycles. The van der Waals surface area contributed by atoms with Gasteiger partial charge >= 0.3 is 5.97 Å². The number of hydrogen-bond donors (Lipinski definition) is 2. The average Bonchev–Trinajstić information content (AvgIpc) is 2.88. The van der Waals surface area contributed by atoms with E-state index in [1.807, 2.05) is 6.92 Å². The summed E-state index contributed by atoms with van der Waals surface area (Å²) in [6.45, 7) is 1.91. The van der Waals surface area contributed by atoms with Crippen molar-refractivity contribution in [2.24, 2.45) is 0 Å². The topological polar surface area (TPSA) is 111 Å². The van der Waals surface area contributed by atoms with E-state index in [1.165, 1.54) is 12.1 Å². The Hall–Kier alpha value is -4.53. The molecule has 0 aliphatic rings. The predicted octanol–water partition coefficient (Wildman–Crippen LogP) is 4.62. The Kier molecular flexibility index (Phi) is 9.27. The van der Waals surface area contributed by atoms with Crippen LogP contribution in [0.25, 0.3) is 0 Å². The van der Waals surface area contributed by atoms with E-state index < -0.39 is 24.3 Å². The van der Waals surface area contributed by atoms with Crippen LogP contribution in [0.2, 0.25) is 0 Å². The fraction of sp³-hybridized carbons (Fsp3) is 0.185. The maximum Gasteiger partial charge on any atom is 0.306 e. The Morgan fingerprint density at radius 1 is 0.750 bits per heavy atom. The summed E-state index contributed by atoms with van der Waals surface area (Å²) in [7, 11) is 0. The lowest BCUT2D eigenvalue weighted by Crippen LogP contribution is -2.21. The molecule has 0 aromatic heterocycles. The number of ketones is 1. The molecule has 0 radical (unpaired) electrons. The first-order valence-corrected chi connectivity index (χ1v) is 11.2. The zero-order chi connectivity index (χ0) is 25.9. The maximum atomic E-state index is 12.9. The molecule has 0 unspecified atom stereocenters. The summed E-state index contributed by atoms with van der Waals surface area (Å²) in [6, 6.07) is 18.2. The van der Waals surface area contributed by atoms with E-state index in [2.05, 4.69) is 10.6 Å². The molecule has 0 bridgehead atoms. The minimum absolute atomic E-state index is 0.119. The van der Waals surface area contributed by atoms with Crippen molar-refractivity contribution >= 4 is 34.9 Å². The van der Waals surface area contributed by atoms with Gasteiger partial charge in [-0.3, -0.25) is 19.2 Å². The summed E-state index contributed by atoms with van der Waals surface area (Å²) in [5.74, 6) is -1.68. The number of carbonyl (C=O) groups excluding carboxylic acids is 4. The van der Waals surface area contributed by atoms with E-state index in [0.29, 0.717) is 34.9 Å². The van der Waals surface area contributed by atoms with Gasteiger partial charge in [-0.25, -0.2) is 4.39 Å². The fourth-order valence-corrected chi connectivity index (χ4v) is 3.12. The number of benzene rings is 3. The van der Waals surface area contributed by atoms with Gasteiger partial charge in [0.25, 0.3) is 11.8 Å². The van der Waals surface area contributed by atoms with Crippen molar-refractivity contribution in [2.75, 3.05) is 23.8 Å². The van der Waals surface area contributed by atoms with Gasteiger partial charge in [0, 0.05) is 28.9 Å². The predicted molar refractivity (Wildman–Crippen MR) is 132 cm³/mol. The van der Waals surface area contributed by atoms with Crippen LogP contribution in [-0.2, 0) is 14.3 Å². The normalized spacial score (nSPS) is 10.3. The number of hydrogen-bond acceptors (Lipinski definition) is 6. The zero-order valence-electron chi connectivity index (χ0n) is 19.6. The number of Topliss-reactive ketones (excluding diaryl/α,β-unsaturated/α-hetero) is 1. The molecule has 36 heavy (non-hydrogen) atoms. The van der Waals surface area contributed by atoms with E-state index in [1.54, 1.807) is 48.5 Å². The number of esters is 1. The van der Waals surface area contributed by atoms with Crippen LogP contribution in [0.1, 0.15) is 40.5 Å². The third-order valence-corrected chi connectivity index (χ3v) is 4.94. The highest BCUT2D eigenvalue weighted by Gasteiger charge is 2.13. The first-order valence-electron chi connectivity index (χ1n) is 11.2. The van der Waals surface area contributed by atoms with Crippen molar-refractivity contribution in [1.82, 2.24) is 0 Å². The molecule has 0 fully saturated rings. The molecule has 0 spiro atoms. The minimum atomic E-state index is -0.707. The molecule has 0 saturated heterocycles. The third kappa shape index (κ3) is 8.05. The largest absolute Gasteiger partial charge is 0.494 e. The highest BCUT2D eigenvalue weighted by Crippen LogP contribution is 2.17. The Labute approximate surface area is 207 Å². The summed E-state index contributed by atoms with van der Waals surface area (Å²) >= 11 is 0. The molecule has 0 atom stereocenters. The lowest BCUT2D eigenvalue weighted by molar-refractivity contribution is -0.147. The second-order valence-electron chi connectivity index (χ2n) is 7.63. The quantitative estimate of drug-likeness (QED) is 0.299. The number of halogens is 1. The number of ether oxygens (including phenoxy) is 2. The van der Waals surface area contributed by atoms with Crippen LogP contribution in [0.15, 0.2) is 72.8 Å². The summed E-state index contributed by atoms with van der Waals surface area (Å²) < 4.78 is 23.2. The summed E-state index contributed by atoms with van der Waals surface area (Å²) in [5, 5.41) is 5.34. The molecule has 0 heterocycles. The molecular formula is C27H25FN2O6. The maximum absolute atomic E-state index is 12.9. The number of carbonyl (C=O) groups is 4. The molecule has 3 aromatic rings. The molecular weight excluding hydrogens is 467 g/mol. The van der Waals surface area contributed by atoms with Gasteiger partial charge < -0.3 is 20.1 Å². The summed E-state index contributed by atoms with van der Waals surface area (Å²) in [4.78, 5) is 48.3. The van der Waals surface area contributed by atoms with Crippen molar-refractivity contribution in [2.45, 2.75) is 19.8 Å². The minimum Gasteiger partial charge on any atom is -0.494 e. The second-order valence-corrected chi connectivity index (χ2v) is 7.63.